The van der Waals surface area contributed by atoms with E-state index in [9.17, 15) is 24.3 Å². The zero-order valence-electron chi connectivity index (χ0n) is 20.7. The summed E-state index contributed by atoms with van der Waals surface area (Å²) in [7, 11) is 0. The highest BCUT2D eigenvalue weighted by Crippen LogP contribution is 2.66. The Bertz CT molecular complexity index is 1190. The van der Waals surface area contributed by atoms with Crippen LogP contribution in [0.5, 0.6) is 0 Å². The number of carboxylic acids is 1. The molecule has 6 unspecified atom stereocenters. The van der Waals surface area contributed by atoms with Crippen LogP contribution in [0.4, 0.5) is 0 Å². The minimum Gasteiger partial charge on any atom is -0.478 e. The van der Waals surface area contributed by atoms with E-state index in [1.807, 2.05) is 19.9 Å². The van der Waals surface area contributed by atoms with Crippen LogP contribution in [0.2, 0.25) is 0 Å². The number of hydrogen-bond donors (Lipinski definition) is 2. The molecule has 6 atom stereocenters. The number of ketones is 3. The van der Waals surface area contributed by atoms with E-state index in [4.69, 9.17) is 9.84 Å². The predicted molar refractivity (Wildman–Crippen MR) is 130 cm³/mol. The first-order chi connectivity index (χ1) is 17.0. The molecular formula is C29H32O7. The first kappa shape index (κ1) is 24.8. The number of aliphatic hydroxyl groups is 1. The van der Waals surface area contributed by atoms with Crippen molar-refractivity contribution in [1.29, 1.82) is 0 Å². The number of carbonyl (C=O) groups is 4. The summed E-state index contributed by atoms with van der Waals surface area (Å²) < 4.78 is 5.62. The van der Waals surface area contributed by atoms with Crippen LogP contribution in [0.3, 0.4) is 0 Å². The second kappa shape index (κ2) is 8.60. The van der Waals surface area contributed by atoms with Crippen molar-refractivity contribution in [3.63, 3.8) is 0 Å². The van der Waals surface area contributed by atoms with E-state index in [2.05, 4.69) is 0 Å². The van der Waals surface area contributed by atoms with Crippen LogP contribution in [-0.4, -0.2) is 45.7 Å². The Kier molecular flexibility index (Phi) is 5.92. The minimum absolute atomic E-state index is 0.0297. The quantitative estimate of drug-likeness (QED) is 0.622. The van der Waals surface area contributed by atoms with Gasteiger partial charge in [0.25, 0.3) is 0 Å². The Morgan fingerprint density at radius 1 is 1.11 bits per heavy atom. The Labute approximate surface area is 210 Å². The number of carbonyl (C=O) groups excluding carboxylic acids is 3. The highest BCUT2D eigenvalue weighted by molar-refractivity contribution is 6.02. The highest BCUT2D eigenvalue weighted by atomic mass is 16.5. The van der Waals surface area contributed by atoms with Gasteiger partial charge in [0, 0.05) is 23.2 Å². The second-order valence-electron chi connectivity index (χ2n) is 11.4. The summed E-state index contributed by atoms with van der Waals surface area (Å²) in [5.74, 6) is -1.57. The molecule has 2 N–H and O–H groups in total. The van der Waals surface area contributed by atoms with Crippen LogP contribution in [0.25, 0.3) is 0 Å². The molecule has 0 saturated heterocycles. The molecule has 36 heavy (non-hydrogen) atoms. The fourth-order valence-electron chi connectivity index (χ4n) is 7.62. The van der Waals surface area contributed by atoms with Crippen molar-refractivity contribution < 1.29 is 34.1 Å². The van der Waals surface area contributed by atoms with Crippen molar-refractivity contribution in [3.05, 3.63) is 59.2 Å². The third-order valence-electron chi connectivity index (χ3n) is 9.57. The molecular weight excluding hydrogens is 460 g/mol. The van der Waals surface area contributed by atoms with Crippen LogP contribution in [-0.2, 0) is 25.7 Å². The number of rotatable bonds is 6. The summed E-state index contributed by atoms with van der Waals surface area (Å²) >= 11 is 0. The summed E-state index contributed by atoms with van der Waals surface area (Å²) in [5.41, 5.74) is -1.07. The van der Waals surface area contributed by atoms with Crippen molar-refractivity contribution in [2.24, 2.45) is 28.6 Å². The third kappa shape index (κ3) is 3.63. The Morgan fingerprint density at radius 2 is 1.83 bits per heavy atom. The molecule has 0 amide bonds. The van der Waals surface area contributed by atoms with E-state index in [1.165, 1.54) is 12.1 Å². The Hall–Kier alpha value is -2.90. The maximum atomic E-state index is 13.7. The topological polar surface area (TPSA) is 118 Å². The molecule has 0 radical (unpaired) electrons. The molecule has 7 nitrogen and oxygen atoms in total. The van der Waals surface area contributed by atoms with Gasteiger partial charge >= 0.3 is 5.97 Å². The SMILES string of the molecule is CC12C=CC(=O)C=C1CCC1C2C(=O)CC2(C)C1CCC2(O)C(=O)COCc1ccc(C(=O)O)cc1. The van der Waals surface area contributed by atoms with Crippen molar-refractivity contribution >= 4 is 23.3 Å². The van der Waals surface area contributed by atoms with Gasteiger partial charge in [-0.1, -0.05) is 37.6 Å². The maximum absolute atomic E-state index is 13.7. The molecule has 0 spiro atoms. The van der Waals surface area contributed by atoms with Crippen LogP contribution in [0.15, 0.2) is 48.1 Å². The molecule has 0 aromatic heterocycles. The largest absolute Gasteiger partial charge is 0.478 e. The maximum Gasteiger partial charge on any atom is 0.335 e. The van der Waals surface area contributed by atoms with Gasteiger partial charge < -0.3 is 14.9 Å². The molecule has 0 bridgehead atoms. The van der Waals surface area contributed by atoms with Gasteiger partial charge in [-0.15, -0.1) is 0 Å². The standard InChI is InChI=1S/C29H32O7/c1-27-11-9-20(30)13-19(27)7-8-21-22-10-12-29(35,28(22,2)14-23(31)25(21)27)24(32)16-36-15-17-3-5-18(6-4-17)26(33)34/h3-6,9,11,13,21-22,25,35H,7-8,10,12,14-16H2,1-2H3,(H,33,34). The number of fused-ring (bicyclic) bond motifs is 5. The van der Waals surface area contributed by atoms with Crippen molar-refractivity contribution in [3.8, 4) is 0 Å². The fraction of sp³-hybridized carbons (Fsp3) is 0.517. The van der Waals surface area contributed by atoms with Gasteiger partial charge in [-0.25, -0.2) is 4.79 Å². The van der Waals surface area contributed by atoms with E-state index in [0.29, 0.717) is 12.8 Å². The Morgan fingerprint density at radius 3 is 2.53 bits per heavy atom. The fourth-order valence-corrected chi connectivity index (χ4v) is 7.62. The number of ether oxygens (including phenoxy) is 1. The van der Waals surface area contributed by atoms with Crippen molar-refractivity contribution in [2.45, 2.75) is 58.2 Å². The van der Waals surface area contributed by atoms with Gasteiger partial charge in [0.2, 0.25) is 0 Å². The summed E-state index contributed by atoms with van der Waals surface area (Å²) in [6.07, 6.45) is 7.74. The molecule has 190 valence electrons. The van der Waals surface area contributed by atoms with Crippen LogP contribution < -0.4 is 0 Å². The average Bonchev–Trinajstić information content (AvgIpc) is 3.10. The summed E-state index contributed by atoms with van der Waals surface area (Å²) in [6, 6.07) is 6.22. The van der Waals surface area contributed by atoms with Crippen LogP contribution >= 0.6 is 0 Å². The zero-order valence-corrected chi connectivity index (χ0v) is 20.7. The lowest BCUT2D eigenvalue weighted by molar-refractivity contribution is -0.170. The smallest absolute Gasteiger partial charge is 0.335 e. The number of aromatic carboxylic acids is 1. The minimum atomic E-state index is -1.64. The number of Topliss-reactive ketones (excluding diaryl/α,β-unsaturated/α-hetero) is 2. The lowest BCUT2D eigenvalue weighted by atomic mass is 9.46. The normalized spacial score (nSPS) is 37.1. The number of hydrogen-bond acceptors (Lipinski definition) is 6. The zero-order chi connectivity index (χ0) is 25.9. The molecule has 3 saturated carbocycles. The summed E-state index contributed by atoms with van der Waals surface area (Å²) in [5, 5.41) is 20.8. The average molecular weight is 493 g/mol. The van der Waals surface area contributed by atoms with Crippen LogP contribution in [0.1, 0.15) is 61.9 Å². The van der Waals surface area contributed by atoms with Gasteiger partial charge in [0.05, 0.1) is 12.2 Å². The van der Waals surface area contributed by atoms with Gasteiger partial charge in [-0.05, 0) is 67.4 Å². The second-order valence-corrected chi connectivity index (χ2v) is 11.4. The summed E-state index contributed by atoms with van der Waals surface area (Å²) in [6.45, 7) is 3.76. The highest BCUT2D eigenvalue weighted by Gasteiger charge is 2.68. The molecule has 0 heterocycles. The van der Waals surface area contributed by atoms with Gasteiger partial charge in [-0.2, -0.15) is 0 Å². The van der Waals surface area contributed by atoms with Crippen molar-refractivity contribution in [1.82, 2.24) is 0 Å². The number of benzene rings is 1. The van der Waals surface area contributed by atoms with E-state index in [0.717, 1.165) is 24.0 Å². The molecule has 1 aromatic rings. The Balaban J connectivity index is 1.31. The first-order valence-electron chi connectivity index (χ1n) is 12.6. The number of allylic oxidation sites excluding steroid dienone is 4. The molecule has 4 aliphatic rings. The predicted octanol–water partition coefficient (Wildman–Crippen LogP) is 3.69. The molecule has 5 rings (SSSR count). The van der Waals surface area contributed by atoms with Crippen molar-refractivity contribution in [2.75, 3.05) is 6.61 Å². The van der Waals surface area contributed by atoms with E-state index in [-0.39, 0.29) is 54.5 Å². The first-order valence-corrected chi connectivity index (χ1v) is 12.6. The number of carboxylic acid groups (broad SMARTS) is 1. The lowest BCUT2D eigenvalue weighted by Crippen LogP contribution is -2.60. The van der Waals surface area contributed by atoms with E-state index in [1.54, 1.807) is 24.3 Å². The van der Waals surface area contributed by atoms with Gasteiger partial charge in [0.1, 0.15) is 18.0 Å². The molecule has 3 fully saturated rings. The lowest BCUT2D eigenvalue weighted by Gasteiger charge is -2.56. The molecule has 4 aliphatic carbocycles. The van der Waals surface area contributed by atoms with E-state index < -0.39 is 28.2 Å². The van der Waals surface area contributed by atoms with Gasteiger partial charge in [0.15, 0.2) is 11.6 Å². The third-order valence-corrected chi connectivity index (χ3v) is 9.57. The van der Waals surface area contributed by atoms with Gasteiger partial charge in [-0.3, -0.25) is 14.4 Å². The molecule has 7 heteroatoms. The van der Waals surface area contributed by atoms with E-state index >= 15 is 0 Å². The monoisotopic (exact) mass is 492 g/mol. The summed E-state index contributed by atoms with van der Waals surface area (Å²) in [4.78, 5) is 50.0. The molecule has 1 aromatic carbocycles. The van der Waals surface area contributed by atoms with Crippen LogP contribution in [0, 0.1) is 28.6 Å². The molecule has 0 aliphatic heterocycles.